The van der Waals surface area contributed by atoms with Crippen LogP contribution in [0.25, 0.3) is 0 Å². The van der Waals surface area contributed by atoms with E-state index in [-0.39, 0.29) is 11.8 Å². The Morgan fingerprint density at radius 1 is 1.30 bits per heavy atom. The predicted octanol–water partition coefficient (Wildman–Crippen LogP) is 2.87. The zero-order chi connectivity index (χ0) is 15.0. The van der Waals surface area contributed by atoms with E-state index in [9.17, 15) is 4.79 Å². The van der Waals surface area contributed by atoms with Crippen LogP contribution in [0.4, 0.5) is 0 Å². The molecule has 0 radical (unpaired) electrons. The Balaban J connectivity index is 2.68. The molecule has 0 saturated heterocycles. The van der Waals surface area contributed by atoms with Crippen LogP contribution in [0.3, 0.4) is 0 Å². The summed E-state index contributed by atoms with van der Waals surface area (Å²) >= 11 is 0. The average Bonchev–Trinajstić information content (AvgIpc) is 2.44. The van der Waals surface area contributed by atoms with Crippen molar-refractivity contribution in [1.82, 2.24) is 4.90 Å². The van der Waals surface area contributed by atoms with E-state index in [2.05, 4.69) is 28.9 Å². The topological polar surface area (TPSA) is 40.5 Å². The molecule has 0 bridgehead atoms. The van der Waals surface area contributed by atoms with E-state index in [0.717, 1.165) is 13.1 Å². The fourth-order valence-corrected chi connectivity index (χ4v) is 2.03. The second kappa shape index (κ2) is 8.39. The molecule has 20 heavy (non-hydrogen) atoms. The van der Waals surface area contributed by atoms with Gasteiger partial charge in [0.15, 0.2) is 0 Å². The van der Waals surface area contributed by atoms with Crippen LogP contribution in [0.1, 0.15) is 26.3 Å². The van der Waals surface area contributed by atoms with E-state index in [4.69, 9.17) is 5.11 Å². The highest BCUT2D eigenvalue weighted by Gasteiger charge is 2.21. The molecule has 3 nitrogen and oxygen atoms in total. The number of nitrogens with zero attached hydrogens (tertiary/aromatic N) is 1. The Bertz CT molecular complexity index is 473. The van der Waals surface area contributed by atoms with Crippen molar-refractivity contribution in [2.45, 2.75) is 27.3 Å². The van der Waals surface area contributed by atoms with Crippen LogP contribution < -0.4 is 0 Å². The first-order chi connectivity index (χ1) is 9.54. The largest absolute Gasteiger partial charge is 0.481 e. The van der Waals surface area contributed by atoms with E-state index in [1.54, 1.807) is 6.92 Å². The quantitative estimate of drug-likeness (QED) is 0.777. The van der Waals surface area contributed by atoms with Gasteiger partial charge in [-0.25, -0.2) is 0 Å². The van der Waals surface area contributed by atoms with Crippen molar-refractivity contribution in [3.63, 3.8) is 0 Å². The molecule has 0 aromatic heterocycles. The fourth-order valence-electron chi connectivity index (χ4n) is 2.03. The van der Waals surface area contributed by atoms with Gasteiger partial charge >= 0.3 is 5.97 Å². The normalized spacial score (nSPS) is 13.4. The van der Waals surface area contributed by atoms with Gasteiger partial charge in [-0.1, -0.05) is 50.1 Å². The van der Waals surface area contributed by atoms with Crippen molar-refractivity contribution < 1.29 is 9.90 Å². The summed E-state index contributed by atoms with van der Waals surface area (Å²) in [5.74, 6) is 4.98. The lowest BCUT2D eigenvalue weighted by molar-refractivity contribution is -0.142. The number of carboxylic acid groups (broad SMARTS) is 1. The lowest BCUT2D eigenvalue weighted by Gasteiger charge is -2.25. The molecule has 1 aromatic carbocycles. The van der Waals surface area contributed by atoms with Crippen LogP contribution >= 0.6 is 0 Å². The molecule has 0 aliphatic heterocycles. The van der Waals surface area contributed by atoms with Crippen LogP contribution in [0.2, 0.25) is 0 Å². The third-order valence-corrected chi connectivity index (χ3v) is 3.52. The maximum absolute atomic E-state index is 11.0. The lowest BCUT2D eigenvalue weighted by Crippen LogP contribution is -2.33. The van der Waals surface area contributed by atoms with Crippen molar-refractivity contribution in [2.75, 3.05) is 13.1 Å². The van der Waals surface area contributed by atoms with Crippen LogP contribution in [0.15, 0.2) is 30.3 Å². The molecule has 3 heteroatoms. The molecule has 0 heterocycles. The number of hydrogen-bond donors (Lipinski definition) is 1. The molecule has 108 valence electrons. The number of hydrogen-bond acceptors (Lipinski definition) is 2. The third-order valence-electron chi connectivity index (χ3n) is 3.52. The lowest BCUT2D eigenvalue weighted by atomic mass is 9.95. The van der Waals surface area contributed by atoms with E-state index >= 15 is 0 Å². The first-order valence-electron chi connectivity index (χ1n) is 6.93. The van der Waals surface area contributed by atoms with Gasteiger partial charge in [0.25, 0.3) is 0 Å². The van der Waals surface area contributed by atoms with Crippen molar-refractivity contribution in [2.24, 2.45) is 11.8 Å². The summed E-state index contributed by atoms with van der Waals surface area (Å²) < 4.78 is 0. The molecule has 0 fully saturated rings. The SMILES string of the molecule is CC#CCN(Cc1ccccc1)CC(C)C(C)C(=O)O. The molecule has 1 rings (SSSR count). The van der Waals surface area contributed by atoms with Gasteiger partial charge in [0, 0.05) is 13.1 Å². The minimum atomic E-state index is -0.737. The van der Waals surface area contributed by atoms with Crippen LogP contribution in [-0.2, 0) is 11.3 Å². The third kappa shape index (κ3) is 5.46. The first-order valence-corrected chi connectivity index (χ1v) is 6.93. The van der Waals surface area contributed by atoms with Gasteiger partial charge in [0.2, 0.25) is 0 Å². The van der Waals surface area contributed by atoms with E-state index in [1.165, 1.54) is 5.56 Å². The van der Waals surface area contributed by atoms with Crippen molar-refractivity contribution in [3.8, 4) is 11.8 Å². The molecular weight excluding hydrogens is 250 g/mol. The number of carbonyl (C=O) groups is 1. The smallest absolute Gasteiger partial charge is 0.306 e. The zero-order valence-electron chi connectivity index (χ0n) is 12.5. The van der Waals surface area contributed by atoms with E-state index in [0.29, 0.717) is 6.54 Å². The molecule has 0 amide bonds. The van der Waals surface area contributed by atoms with Crippen molar-refractivity contribution in [3.05, 3.63) is 35.9 Å². The maximum Gasteiger partial charge on any atom is 0.306 e. The summed E-state index contributed by atoms with van der Waals surface area (Å²) in [6, 6.07) is 10.2. The van der Waals surface area contributed by atoms with Crippen molar-refractivity contribution >= 4 is 5.97 Å². The fraction of sp³-hybridized carbons (Fsp3) is 0.471. The molecule has 0 aliphatic carbocycles. The Morgan fingerprint density at radius 2 is 1.95 bits per heavy atom. The Kier molecular flexibility index (Phi) is 6.83. The number of carboxylic acids is 1. The summed E-state index contributed by atoms with van der Waals surface area (Å²) in [5.41, 5.74) is 1.22. The van der Waals surface area contributed by atoms with Gasteiger partial charge in [-0.3, -0.25) is 9.69 Å². The molecule has 1 N–H and O–H groups in total. The average molecular weight is 273 g/mol. The van der Waals surface area contributed by atoms with Gasteiger partial charge in [0.05, 0.1) is 12.5 Å². The highest BCUT2D eigenvalue weighted by molar-refractivity contribution is 5.69. The molecule has 0 spiro atoms. The zero-order valence-corrected chi connectivity index (χ0v) is 12.5. The second-order valence-electron chi connectivity index (χ2n) is 5.19. The number of aliphatic carboxylic acids is 1. The molecular formula is C17H23NO2. The molecule has 2 unspecified atom stereocenters. The van der Waals surface area contributed by atoms with Gasteiger partial charge < -0.3 is 5.11 Å². The molecule has 1 aromatic rings. The predicted molar refractivity (Wildman–Crippen MR) is 81.1 cm³/mol. The van der Waals surface area contributed by atoms with Gasteiger partial charge in [-0.2, -0.15) is 0 Å². The van der Waals surface area contributed by atoms with Crippen LogP contribution in [-0.4, -0.2) is 29.1 Å². The minimum Gasteiger partial charge on any atom is -0.481 e. The first kappa shape index (κ1) is 16.3. The van der Waals surface area contributed by atoms with Gasteiger partial charge in [-0.05, 0) is 18.4 Å². The van der Waals surface area contributed by atoms with Crippen LogP contribution in [0.5, 0.6) is 0 Å². The van der Waals surface area contributed by atoms with Gasteiger partial charge in [0.1, 0.15) is 0 Å². The maximum atomic E-state index is 11.0. The molecule has 0 saturated carbocycles. The summed E-state index contributed by atoms with van der Waals surface area (Å²) in [4.78, 5) is 13.3. The summed E-state index contributed by atoms with van der Waals surface area (Å²) in [6.07, 6.45) is 0. The summed E-state index contributed by atoms with van der Waals surface area (Å²) in [5, 5.41) is 9.08. The van der Waals surface area contributed by atoms with Crippen LogP contribution in [0, 0.1) is 23.7 Å². The molecule has 2 atom stereocenters. The highest BCUT2D eigenvalue weighted by Crippen LogP contribution is 2.14. The van der Waals surface area contributed by atoms with Gasteiger partial charge in [-0.15, -0.1) is 5.92 Å². The van der Waals surface area contributed by atoms with E-state index in [1.807, 2.05) is 32.0 Å². The highest BCUT2D eigenvalue weighted by atomic mass is 16.4. The summed E-state index contributed by atoms with van der Waals surface area (Å²) in [6.45, 7) is 7.77. The Morgan fingerprint density at radius 3 is 2.50 bits per heavy atom. The summed E-state index contributed by atoms with van der Waals surface area (Å²) in [7, 11) is 0. The molecule has 0 aliphatic rings. The Labute approximate surface area is 121 Å². The second-order valence-corrected chi connectivity index (χ2v) is 5.19. The number of benzene rings is 1. The minimum absolute atomic E-state index is 0.0925. The van der Waals surface area contributed by atoms with Crippen molar-refractivity contribution in [1.29, 1.82) is 0 Å². The monoisotopic (exact) mass is 273 g/mol. The standard InChI is InChI=1S/C17H23NO2/c1-4-5-11-18(12-14(2)15(3)17(19)20)13-16-9-7-6-8-10-16/h6-10,14-15H,11-13H2,1-3H3,(H,19,20). The Hall–Kier alpha value is -1.79. The van der Waals surface area contributed by atoms with E-state index < -0.39 is 5.97 Å². The number of rotatable bonds is 7.